The van der Waals surface area contributed by atoms with Gasteiger partial charge in [-0.05, 0) is 31.5 Å². The Bertz CT molecular complexity index is 500. The molecule has 0 bridgehead atoms. The summed E-state index contributed by atoms with van der Waals surface area (Å²) in [6, 6.07) is 7.65. The standard InChI is InChI=1S/C16H22O6/c1-16(2)21-14-13(12(8-17)20-15(14)22-16)19-9-10-4-6-11(18-3)7-5-10/h4-7,12-15,17H,8-9H2,1-3H3/t12-,13+,14-,15-/m1/s1. The topological polar surface area (TPSA) is 66.4 Å². The maximum atomic E-state index is 9.45. The summed E-state index contributed by atoms with van der Waals surface area (Å²) in [6.45, 7) is 3.95. The molecule has 4 atom stereocenters. The zero-order valence-corrected chi connectivity index (χ0v) is 13.0. The molecule has 3 rings (SSSR count). The van der Waals surface area contributed by atoms with Gasteiger partial charge in [-0.2, -0.15) is 0 Å². The van der Waals surface area contributed by atoms with Crippen LogP contribution < -0.4 is 4.74 Å². The average molecular weight is 310 g/mol. The number of rotatable bonds is 5. The van der Waals surface area contributed by atoms with E-state index < -0.39 is 18.2 Å². The second kappa shape index (κ2) is 6.14. The summed E-state index contributed by atoms with van der Waals surface area (Å²) in [6.07, 6.45) is -1.62. The van der Waals surface area contributed by atoms with E-state index in [9.17, 15) is 5.11 Å². The Morgan fingerprint density at radius 2 is 1.91 bits per heavy atom. The molecule has 6 heteroatoms. The summed E-state index contributed by atoms with van der Waals surface area (Å²) in [7, 11) is 1.63. The lowest BCUT2D eigenvalue weighted by Crippen LogP contribution is -2.38. The number of benzene rings is 1. The number of methoxy groups -OCH3 is 1. The van der Waals surface area contributed by atoms with Gasteiger partial charge < -0.3 is 28.8 Å². The van der Waals surface area contributed by atoms with Gasteiger partial charge in [0.25, 0.3) is 0 Å². The van der Waals surface area contributed by atoms with Crippen LogP contribution in [0.5, 0.6) is 5.75 Å². The van der Waals surface area contributed by atoms with Crippen LogP contribution in [0.2, 0.25) is 0 Å². The molecule has 2 heterocycles. The van der Waals surface area contributed by atoms with Crippen LogP contribution in [0.3, 0.4) is 0 Å². The zero-order chi connectivity index (χ0) is 15.7. The normalized spacial score (nSPS) is 32.9. The number of ether oxygens (including phenoxy) is 5. The van der Waals surface area contributed by atoms with Crippen LogP contribution in [0.15, 0.2) is 24.3 Å². The lowest BCUT2D eigenvalue weighted by Gasteiger charge is -2.25. The Morgan fingerprint density at radius 1 is 1.18 bits per heavy atom. The van der Waals surface area contributed by atoms with E-state index in [4.69, 9.17) is 23.7 Å². The second-order valence-electron chi connectivity index (χ2n) is 5.95. The highest BCUT2D eigenvalue weighted by Gasteiger charge is 2.55. The Kier molecular flexibility index (Phi) is 4.38. The molecule has 2 aliphatic rings. The summed E-state index contributed by atoms with van der Waals surface area (Å²) < 4.78 is 28.2. The highest BCUT2D eigenvalue weighted by Crippen LogP contribution is 2.38. The molecule has 0 amide bonds. The van der Waals surface area contributed by atoms with Gasteiger partial charge in [0.1, 0.15) is 24.1 Å². The molecule has 0 spiro atoms. The first-order valence-electron chi connectivity index (χ1n) is 7.39. The van der Waals surface area contributed by atoms with Gasteiger partial charge in [0.15, 0.2) is 12.1 Å². The van der Waals surface area contributed by atoms with Crippen molar-refractivity contribution in [2.45, 2.75) is 50.8 Å². The van der Waals surface area contributed by atoms with Crippen LogP contribution in [0.4, 0.5) is 0 Å². The molecular weight excluding hydrogens is 288 g/mol. The van der Waals surface area contributed by atoms with Crippen molar-refractivity contribution in [1.29, 1.82) is 0 Å². The van der Waals surface area contributed by atoms with Crippen molar-refractivity contribution in [3.05, 3.63) is 29.8 Å². The van der Waals surface area contributed by atoms with E-state index in [1.807, 2.05) is 38.1 Å². The lowest BCUT2D eigenvalue weighted by molar-refractivity contribution is -0.222. The van der Waals surface area contributed by atoms with Crippen LogP contribution in [-0.2, 0) is 25.6 Å². The van der Waals surface area contributed by atoms with Crippen molar-refractivity contribution in [3.63, 3.8) is 0 Å². The van der Waals surface area contributed by atoms with E-state index >= 15 is 0 Å². The first-order valence-corrected chi connectivity index (χ1v) is 7.39. The zero-order valence-electron chi connectivity index (χ0n) is 13.0. The van der Waals surface area contributed by atoms with E-state index in [-0.39, 0.29) is 18.8 Å². The highest BCUT2D eigenvalue weighted by molar-refractivity contribution is 5.26. The Balaban J connectivity index is 1.64. The minimum absolute atomic E-state index is 0.132. The van der Waals surface area contributed by atoms with Gasteiger partial charge in [0.05, 0.1) is 20.3 Å². The summed E-state index contributed by atoms with van der Waals surface area (Å²) in [4.78, 5) is 0. The quantitative estimate of drug-likeness (QED) is 0.888. The molecular formula is C16H22O6. The van der Waals surface area contributed by atoms with Crippen LogP contribution in [-0.4, -0.2) is 49.2 Å². The SMILES string of the molecule is COc1ccc(CO[C@@H]2[C@H]3OC(C)(C)O[C@H]3O[C@@H]2CO)cc1. The van der Waals surface area contributed by atoms with Gasteiger partial charge in [-0.25, -0.2) is 0 Å². The lowest BCUT2D eigenvalue weighted by atomic mass is 10.1. The predicted molar refractivity (Wildman–Crippen MR) is 77.4 cm³/mol. The first-order chi connectivity index (χ1) is 10.5. The molecule has 0 unspecified atom stereocenters. The van der Waals surface area contributed by atoms with Crippen molar-refractivity contribution >= 4 is 0 Å². The van der Waals surface area contributed by atoms with Gasteiger partial charge in [-0.3, -0.25) is 0 Å². The van der Waals surface area contributed by atoms with Crippen LogP contribution in [0.1, 0.15) is 19.4 Å². The van der Waals surface area contributed by atoms with E-state index in [1.165, 1.54) is 0 Å². The smallest absolute Gasteiger partial charge is 0.190 e. The fraction of sp³-hybridized carbons (Fsp3) is 0.625. The number of hydrogen-bond donors (Lipinski definition) is 1. The molecule has 2 aliphatic heterocycles. The fourth-order valence-corrected chi connectivity index (χ4v) is 2.81. The molecule has 6 nitrogen and oxygen atoms in total. The van der Waals surface area contributed by atoms with E-state index in [0.29, 0.717) is 6.61 Å². The average Bonchev–Trinajstić information content (AvgIpc) is 2.97. The largest absolute Gasteiger partial charge is 0.497 e. The molecule has 1 aromatic rings. The molecule has 22 heavy (non-hydrogen) atoms. The predicted octanol–water partition coefficient (Wildman–Crippen LogP) is 1.45. The molecule has 0 aromatic heterocycles. The third-order valence-corrected chi connectivity index (χ3v) is 3.87. The van der Waals surface area contributed by atoms with E-state index in [1.54, 1.807) is 7.11 Å². The number of aliphatic hydroxyl groups is 1. The monoisotopic (exact) mass is 310 g/mol. The van der Waals surface area contributed by atoms with Gasteiger partial charge >= 0.3 is 0 Å². The van der Waals surface area contributed by atoms with Crippen molar-refractivity contribution in [2.24, 2.45) is 0 Å². The first kappa shape index (κ1) is 15.7. The summed E-state index contributed by atoms with van der Waals surface area (Å²) >= 11 is 0. The van der Waals surface area contributed by atoms with Crippen molar-refractivity contribution in [3.8, 4) is 5.75 Å². The van der Waals surface area contributed by atoms with Crippen LogP contribution >= 0.6 is 0 Å². The molecule has 2 saturated heterocycles. The van der Waals surface area contributed by atoms with Gasteiger partial charge in [0, 0.05) is 0 Å². The summed E-state index contributed by atoms with van der Waals surface area (Å²) in [5.74, 6) is 0.104. The van der Waals surface area contributed by atoms with Gasteiger partial charge in [-0.15, -0.1) is 0 Å². The van der Waals surface area contributed by atoms with Crippen molar-refractivity contribution in [2.75, 3.05) is 13.7 Å². The third kappa shape index (κ3) is 3.11. The fourth-order valence-electron chi connectivity index (χ4n) is 2.81. The van der Waals surface area contributed by atoms with Crippen molar-refractivity contribution < 1.29 is 28.8 Å². The Labute approximate surface area is 129 Å². The molecule has 1 N–H and O–H groups in total. The van der Waals surface area contributed by atoms with Gasteiger partial charge in [-0.1, -0.05) is 12.1 Å². The maximum Gasteiger partial charge on any atom is 0.190 e. The molecule has 1 aromatic carbocycles. The Morgan fingerprint density at radius 3 is 2.55 bits per heavy atom. The summed E-state index contributed by atoms with van der Waals surface area (Å²) in [5.41, 5.74) is 1.01. The van der Waals surface area contributed by atoms with Crippen LogP contribution in [0, 0.1) is 0 Å². The molecule has 0 aliphatic carbocycles. The molecule has 0 radical (unpaired) electrons. The second-order valence-corrected chi connectivity index (χ2v) is 5.95. The Hall–Kier alpha value is -1.18. The number of aliphatic hydroxyl groups excluding tert-OH is 1. The molecule has 2 fully saturated rings. The minimum atomic E-state index is -0.697. The van der Waals surface area contributed by atoms with E-state index in [0.717, 1.165) is 11.3 Å². The minimum Gasteiger partial charge on any atom is -0.497 e. The third-order valence-electron chi connectivity index (χ3n) is 3.87. The van der Waals surface area contributed by atoms with E-state index in [2.05, 4.69) is 0 Å². The van der Waals surface area contributed by atoms with Crippen molar-refractivity contribution in [1.82, 2.24) is 0 Å². The number of fused-ring (bicyclic) bond motifs is 1. The van der Waals surface area contributed by atoms with Crippen LogP contribution in [0.25, 0.3) is 0 Å². The molecule has 122 valence electrons. The van der Waals surface area contributed by atoms with Gasteiger partial charge in [0.2, 0.25) is 0 Å². The highest BCUT2D eigenvalue weighted by atomic mass is 16.8. The molecule has 0 saturated carbocycles. The summed E-state index contributed by atoms with van der Waals surface area (Å²) in [5, 5.41) is 9.45. The maximum absolute atomic E-state index is 9.45. The number of hydrogen-bond acceptors (Lipinski definition) is 6.